The maximum atomic E-state index is 4.53. The van der Waals surface area contributed by atoms with Gasteiger partial charge in [0.15, 0.2) is 0 Å². The first-order valence-corrected chi connectivity index (χ1v) is 6.93. The maximum Gasteiger partial charge on any atom is 0.104 e. The number of halogens is 1. The summed E-state index contributed by atoms with van der Waals surface area (Å²) in [5, 5.41) is 4.08. The highest BCUT2D eigenvalue weighted by Crippen LogP contribution is 2.23. The molecule has 0 spiro atoms. The number of alkyl halides is 1. The van der Waals surface area contributed by atoms with Crippen LogP contribution in [0, 0.1) is 0 Å². The Morgan fingerprint density at radius 2 is 2.00 bits per heavy atom. The van der Waals surface area contributed by atoms with Gasteiger partial charge < -0.3 is 0 Å². The van der Waals surface area contributed by atoms with Crippen LogP contribution in [0.4, 0.5) is 0 Å². The largest absolute Gasteiger partial charge is 0.240 e. The Bertz CT molecular complexity index is 433. The third kappa shape index (κ3) is 2.47. The minimum atomic E-state index is 0.838. The molecule has 2 aromatic rings. The quantitative estimate of drug-likeness (QED) is 0.766. The number of nitrogens with zero attached hydrogens (tertiary/aromatic N) is 1. The van der Waals surface area contributed by atoms with Crippen LogP contribution < -0.4 is 0 Å². The van der Waals surface area contributed by atoms with Crippen LogP contribution in [-0.2, 0) is 11.8 Å². The van der Waals surface area contributed by atoms with Gasteiger partial charge >= 0.3 is 0 Å². The Balaban J connectivity index is 2.28. The summed E-state index contributed by atoms with van der Waals surface area (Å²) < 4.78 is 0. The molecule has 0 saturated heterocycles. The van der Waals surface area contributed by atoms with E-state index in [0.29, 0.717) is 0 Å². The number of aryl methyl sites for hydroxylation is 1. The molecule has 0 saturated carbocycles. The average molecular weight is 282 g/mol. The van der Waals surface area contributed by atoms with Crippen LogP contribution in [0.2, 0.25) is 0 Å². The van der Waals surface area contributed by atoms with Crippen molar-refractivity contribution in [1.29, 1.82) is 0 Å². The van der Waals surface area contributed by atoms with E-state index in [1.54, 1.807) is 11.3 Å². The molecule has 0 atom stereocenters. The number of benzene rings is 1. The van der Waals surface area contributed by atoms with Crippen LogP contribution in [0.15, 0.2) is 29.6 Å². The fraction of sp³-hybridized carbons (Fsp3) is 0.250. The minimum Gasteiger partial charge on any atom is -0.240 e. The maximum absolute atomic E-state index is 4.53. The molecule has 1 aromatic carbocycles. The molecular formula is C12H12BrNS. The molecule has 0 radical (unpaired) electrons. The second kappa shape index (κ2) is 4.90. The summed E-state index contributed by atoms with van der Waals surface area (Å²) in [6, 6.07) is 8.63. The second-order valence-corrected chi connectivity index (χ2v) is 4.81. The van der Waals surface area contributed by atoms with Crippen molar-refractivity contribution in [2.75, 3.05) is 0 Å². The van der Waals surface area contributed by atoms with Gasteiger partial charge in [-0.15, -0.1) is 11.3 Å². The van der Waals surface area contributed by atoms with Gasteiger partial charge in [-0.25, -0.2) is 4.98 Å². The molecule has 0 amide bonds. The molecule has 1 heterocycles. The average Bonchev–Trinajstić information content (AvgIpc) is 2.78. The molecule has 78 valence electrons. The van der Waals surface area contributed by atoms with Crippen molar-refractivity contribution in [2.45, 2.75) is 18.7 Å². The first kappa shape index (κ1) is 10.8. The van der Waals surface area contributed by atoms with Crippen molar-refractivity contribution in [2.24, 2.45) is 0 Å². The fourth-order valence-electron chi connectivity index (χ4n) is 1.42. The Kier molecular flexibility index (Phi) is 3.54. The summed E-state index contributed by atoms with van der Waals surface area (Å²) in [4.78, 5) is 4.53. The van der Waals surface area contributed by atoms with E-state index in [-0.39, 0.29) is 0 Å². The van der Waals surface area contributed by atoms with E-state index >= 15 is 0 Å². The van der Waals surface area contributed by atoms with E-state index in [4.69, 9.17) is 0 Å². The first-order valence-electron chi connectivity index (χ1n) is 4.93. The predicted molar refractivity (Wildman–Crippen MR) is 69.6 cm³/mol. The summed E-state index contributed by atoms with van der Waals surface area (Å²) in [7, 11) is 0. The van der Waals surface area contributed by atoms with Gasteiger partial charge in [-0.1, -0.05) is 47.1 Å². The Labute approximate surface area is 102 Å². The third-order valence-electron chi connectivity index (χ3n) is 2.32. The number of aromatic nitrogens is 1. The summed E-state index contributed by atoms with van der Waals surface area (Å²) in [6.07, 6.45) is 1.09. The Hall–Kier alpha value is -0.670. The topological polar surface area (TPSA) is 12.9 Å². The molecule has 2 rings (SSSR count). The number of rotatable bonds is 3. The van der Waals surface area contributed by atoms with Crippen LogP contribution >= 0.6 is 27.3 Å². The predicted octanol–water partition coefficient (Wildman–Crippen LogP) is 4.27. The number of hydrogen-bond acceptors (Lipinski definition) is 2. The van der Waals surface area contributed by atoms with E-state index in [2.05, 4.69) is 57.5 Å². The summed E-state index contributed by atoms with van der Waals surface area (Å²) in [6.45, 7) is 2.17. The van der Waals surface area contributed by atoms with Crippen molar-refractivity contribution >= 4 is 27.3 Å². The molecule has 3 heteroatoms. The summed E-state index contributed by atoms with van der Waals surface area (Å²) in [5.74, 6) is 0. The van der Waals surface area contributed by atoms with Crippen LogP contribution in [0.1, 0.15) is 17.5 Å². The number of hydrogen-bond donors (Lipinski definition) is 0. The molecule has 0 N–H and O–H groups in total. The fourth-order valence-corrected chi connectivity index (χ4v) is 2.59. The standard InChI is InChI=1S/C12H12BrNS/c1-2-9-3-5-10(6-4-9)11-8-15-12(7-13)14-11/h3-6,8H,2,7H2,1H3. The highest BCUT2D eigenvalue weighted by atomic mass is 79.9. The molecule has 0 unspecified atom stereocenters. The van der Waals surface area contributed by atoms with E-state index in [1.165, 1.54) is 11.1 Å². The molecule has 0 aliphatic carbocycles. The van der Waals surface area contributed by atoms with E-state index in [9.17, 15) is 0 Å². The van der Waals surface area contributed by atoms with Gasteiger partial charge in [-0.3, -0.25) is 0 Å². The molecule has 0 fully saturated rings. The third-order valence-corrected chi connectivity index (χ3v) is 4.08. The van der Waals surface area contributed by atoms with Gasteiger partial charge in [0.2, 0.25) is 0 Å². The lowest BCUT2D eigenvalue weighted by Gasteiger charge is -1.98. The molecule has 0 aliphatic heterocycles. The summed E-state index contributed by atoms with van der Waals surface area (Å²) in [5.41, 5.74) is 3.66. The SMILES string of the molecule is CCc1ccc(-c2csc(CBr)n2)cc1. The smallest absolute Gasteiger partial charge is 0.104 e. The number of thiazole rings is 1. The van der Waals surface area contributed by atoms with E-state index < -0.39 is 0 Å². The van der Waals surface area contributed by atoms with Crippen LogP contribution in [0.25, 0.3) is 11.3 Å². The lowest BCUT2D eigenvalue weighted by atomic mass is 10.1. The molecule has 1 nitrogen and oxygen atoms in total. The molecule has 15 heavy (non-hydrogen) atoms. The van der Waals surface area contributed by atoms with Crippen molar-refractivity contribution in [3.63, 3.8) is 0 Å². The van der Waals surface area contributed by atoms with Gasteiger partial charge in [0.25, 0.3) is 0 Å². The second-order valence-electron chi connectivity index (χ2n) is 3.31. The lowest BCUT2D eigenvalue weighted by molar-refractivity contribution is 1.14. The van der Waals surface area contributed by atoms with E-state index in [0.717, 1.165) is 22.5 Å². The highest BCUT2D eigenvalue weighted by molar-refractivity contribution is 9.08. The molecule has 1 aromatic heterocycles. The van der Waals surface area contributed by atoms with Gasteiger partial charge in [0.1, 0.15) is 5.01 Å². The molecular weight excluding hydrogens is 270 g/mol. The Morgan fingerprint density at radius 3 is 2.53 bits per heavy atom. The van der Waals surface area contributed by atoms with Crippen molar-refractivity contribution < 1.29 is 0 Å². The zero-order valence-electron chi connectivity index (χ0n) is 8.53. The normalized spacial score (nSPS) is 10.5. The van der Waals surface area contributed by atoms with Crippen molar-refractivity contribution in [3.05, 3.63) is 40.2 Å². The zero-order valence-corrected chi connectivity index (χ0v) is 10.9. The lowest BCUT2D eigenvalue weighted by Crippen LogP contribution is -1.82. The Morgan fingerprint density at radius 1 is 1.27 bits per heavy atom. The van der Waals surface area contributed by atoms with Gasteiger partial charge in [0.05, 0.1) is 11.0 Å². The van der Waals surface area contributed by atoms with Gasteiger partial charge in [-0.05, 0) is 12.0 Å². The highest BCUT2D eigenvalue weighted by Gasteiger charge is 2.02. The van der Waals surface area contributed by atoms with Crippen LogP contribution in [0.3, 0.4) is 0 Å². The minimum absolute atomic E-state index is 0.838. The monoisotopic (exact) mass is 281 g/mol. The van der Waals surface area contributed by atoms with Gasteiger partial charge in [-0.2, -0.15) is 0 Å². The molecule has 0 bridgehead atoms. The molecule has 0 aliphatic rings. The van der Waals surface area contributed by atoms with Gasteiger partial charge in [0, 0.05) is 10.9 Å². The van der Waals surface area contributed by atoms with Crippen LogP contribution in [-0.4, -0.2) is 4.98 Å². The first-order chi connectivity index (χ1) is 7.33. The summed E-state index contributed by atoms with van der Waals surface area (Å²) >= 11 is 5.11. The van der Waals surface area contributed by atoms with Crippen molar-refractivity contribution in [1.82, 2.24) is 4.98 Å². The van der Waals surface area contributed by atoms with E-state index in [1.807, 2.05) is 0 Å². The van der Waals surface area contributed by atoms with Crippen molar-refractivity contribution in [3.8, 4) is 11.3 Å². The zero-order chi connectivity index (χ0) is 10.7. The van der Waals surface area contributed by atoms with Crippen LogP contribution in [0.5, 0.6) is 0 Å².